The highest BCUT2D eigenvalue weighted by molar-refractivity contribution is 5.89. The molecule has 0 aliphatic carbocycles. The molecule has 1 rings (SSSR count). The van der Waals surface area contributed by atoms with E-state index in [1.165, 1.54) is 14.0 Å². The maximum absolute atomic E-state index is 11.3. The molecule has 1 atom stereocenters. The van der Waals surface area contributed by atoms with Crippen LogP contribution in [0, 0.1) is 5.92 Å². The fourth-order valence-corrected chi connectivity index (χ4v) is 1.62. The van der Waals surface area contributed by atoms with Crippen molar-refractivity contribution in [2.24, 2.45) is 5.92 Å². The molecule has 1 amide bonds. The van der Waals surface area contributed by atoms with Gasteiger partial charge in [-0.15, -0.1) is 0 Å². The van der Waals surface area contributed by atoms with Crippen LogP contribution in [-0.2, 0) is 20.7 Å². The van der Waals surface area contributed by atoms with Crippen molar-refractivity contribution in [1.82, 2.24) is 0 Å². The van der Waals surface area contributed by atoms with Crippen molar-refractivity contribution < 1.29 is 14.3 Å². The molecule has 1 N–H and O–H groups in total. The van der Waals surface area contributed by atoms with E-state index in [-0.39, 0.29) is 17.8 Å². The van der Waals surface area contributed by atoms with E-state index in [0.29, 0.717) is 6.42 Å². The third kappa shape index (κ3) is 3.90. The van der Waals surface area contributed by atoms with Crippen LogP contribution >= 0.6 is 0 Å². The predicted molar refractivity (Wildman–Crippen MR) is 65.6 cm³/mol. The molecular weight excluding hydrogens is 218 g/mol. The van der Waals surface area contributed by atoms with Crippen LogP contribution in [-0.4, -0.2) is 19.0 Å². The molecule has 1 aromatic carbocycles. The Morgan fingerprint density at radius 1 is 1.35 bits per heavy atom. The lowest BCUT2D eigenvalue weighted by Gasteiger charge is -2.13. The smallest absolute Gasteiger partial charge is 0.308 e. The van der Waals surface area contributed by atoms with Gasteiger partial charge in [-0.1, -0.05) is 25.1 Å². The summed E-state index contributed by atoms with van der Waals surface area (Å²) in [5, 5.41) is 2.74. The number of nitrogens with one attached hydrogen (secondary N) is 1. The van der Waals surface area contributed by atoms with Gasteiger partial charge in [0, 0.05) is 12.6 Å². The standard InChI is InChI=1S/C13H17NO3/c1-9(13(16)17-3)8-11-6-4-5-7-12(11)14-10(2)15/h4-7,9H,8H2,1-3H3,(H,14,15). The summed E-state index contributed by atoms with van der Waals surface area (Å²) in [6, 6.07) is 7.44. The number of anilines is 1. The number of benzene rings is 1. The molecular formula is C13H17NO3. The van der Waals surface area contributed by atoms with Gasteiger partial charge in [0.15, 0.2) is 0 Å². The lowest BCUT2D eigenvalue weighted by Crippen LogP contribution is -2.16. The Bertz CT molecular complexity index is 415. The fraction of sp³-hybridized carbons (Fsp3) is 0.385. The van der Waals surface area contributed by atoms with Crippen LogP contribution in [0.1, 0.15) is 19.4 Å². The van der Waals surface area contributed by atoms with Gasteiger partial charge in [0.25, 0.3) is 0 Å². The summed E-state index contributed by atoms with van der Waals surface area (Å²) >= 11 is 0. The Kier molecular flexibility index (Phi) is 4.69. The summed E-state index contributed by atoms with van der Waals surface area (Å²) in [6.07, 6.45) is 0.545. The minimum atomic E-state index is -0.248. The highest BCUT2D eigenvalue weighted by Gasteiger charge is 2.15. The van der Waals surface area contributed by atoms with Gasteiger partial charge in [-0.3, -0.25) is 9.59 Å². The zero-order valence-electron chi connectivity index (χ0n) is 10.3. The van der Waals surface area contributed by atoms with Crippen LogP contribution < -0.4 is 5.32 Å². The van der Waals surface area contributed by atoms with E-state index in [0.717, 1.165) is 11.3 Å². The molecule has 0 saturated heterocycles. The Labute approximate surface area is 101 Å². The number of ether oxygens (including phenoxy) is 1. The second kappa shape index (κ2) is 6.03. The zero-order chi connectivity index (χ0) is 12.8. The van der Waals surface area contributed by atoms with Crippen LogP contribution in [0.5, 0.6) is 0 Å². The first-order valence-corrected chi connectivity index (χ1v) is 5.48. The van der Waals surface area contributed by atoms with Crippen LogP contribution in [0.4, 0.5) is 5.69 Å². The van der Waals surface area contributed by atoms with Crippen LogP contribution in [0.3, 0.4) is 0 Å². The largest absolute Gasteiger partial charge is 0.469 e. The minimum Gasteiger partial charge on any atom is -0.469 e. The molecule has 0 fully saturated rings. The molecule has 1 unspecified atom stereocenters. The van der Waals surface area contributed by atoms with Crippen molar-refractivity contribution >= 4 is 17.6 Å². The Hall–Kier alpha value is -1.84. The molecule has 92 valence electrons. The van der Waals surface area contributed by atoms with Crippen LogP contribution in [0.25, 0.3) is 0 Å². The summed E-state index contributed by atoms with van der Waals surface area (Å²) < 4.78 is 4.68. The molecule has 0 radical (unpaired) electrons. The zero-order valence-corrected chi connectivity index (χ0v) is 10.3. The summed E-state index contributed by atoms with van der Waals surface area (Å²) in [5.74, 6) is -0.597. The van der Waals surface area contributed by atoms with E-state index < -0.39 is 0 Å². The first-order chi connectivity index (χ1) is 8.04. The summed E-state index contributed by atoms with van der Waals surface area (Å²) in [4.78, 5) is 22.4. The number of hydrogen-bond acceptors (Lipinski definition) is 3. The quantitative estimate of drug-likeness (QED) is 0.812. The van der Waals surface area contributed by atoms with Crippen molar-refractivity contribution in [3.8, 4) is 0 Å². The molecule has 0 bridgehead atoms. The minimum absolute atomic E-state index is 0.122. The molecule has 1 aromatic rings. The van der Waals surface area contributed by atoms with Crippen molar-refractivity contribution in [3.63, 3.8) is 0 Å². The molecule has 4 heteroatoms. The second-order valence-corrected chi connectivity index (χ2v) is 3.97. The van der Waals surface area contributed by atoms with Crippen molar-refractivity contribution in [2.75, 3.05) is 12.4 Å². The van der Waals surface area contributed by atoms with Gasteiger partial charge in [0.1, 0.15) is 0 Å². The van der Waals surface area contributed by atoms with Crippen molar-refractivity contribution in [3.05, 3.63) is 29.8 Å². The molecule has 4 nitrogen and oxygen atoms in total. The van der Waals surface area contributed by atoms with E-state index in [4.69, 9.17) is 0 Å². The number of carbonyl (C=O) groups is 2. The number of carbonyl (C=O) groups excluding carboxylic acids is 2. The van der Waals surface area contributed by atoms with Crippen LogP contribution in [0.15, 0.2) is 24.3 Å². The molecule has 17 heavy (non-hydrogen) atoms. The molecule has 0 aromatic heterocycles. The van der Waals surface area contributed by atoms with Gasteiger partial charge in [-0.25, -0.2) is 0 Å². The number of methoxy groups -OCH3 is 1. The summed E-state index contributed by atoms with van der Waals surface area (Å²) in [5.41, 5.74) is 1.68. The third-order valence-corrected chi connectivity index (χ3v) is 2.46. The third-order valence-electron chi connectivity index (χ3n) is 2.46. The molecule has 0 spiro atoms. The number of rotatable bonds is 4. The number of amides is 1. The average Bonchev–Trinajstić information content (AvgIpc) is 2.29. The molecule has 0 heterocycles. The van der Waals surface area contributed by atoms with Gasteiger partial charge in [0.2, 0.25) is 5.91 Å². The highest BCUT2D eigenvalue weighted by Crippen LogP contribution is 2.19. The van der Waals surface area contributed by atoms with E-state index in [1.54, 1.807) is 6.92 Å². The average molecular weight is 235 g/mol. The van der Waals surface area contributed by atoms with E-state index in [9.17, 15) is 9.59 Å². The lowest BCUT2D eigenvalue weighted by atomic mass is 10.00. The second-order valence-electron chi connectivity index (χ2n) is 3.97. The van der Waals surface area contributed by atoms with Crippen LogP contribution in [0.2, 0.25) is 0 Å². The lowest BCUT2D eigenvalue weighted by molar-refractivity contribution is -0.144. The predicted octanol–water partition coefficient (Wildman–Crippen LogP) is 2.00. The number of esters is 1. The number of para-hydroxylation sites is 1. The monoisotopic (exact) mass is 235 g/mol. The molecule has 0 aliphatic rings. The fourth-order valence-electron chi connectivity index (χ4n) is 1.62. The summed E-state index contributed by atoms with van der Waals surface area (Å²) in [6.45, 7) is 3.26. The van der Waals surface area contributed by atoms with Gasteiger partial charge in [0.05, 0.1) is 13.0 Å². The topological polar surface area (TPSA) is 55.4 Å². The van der Waals surface area contributed by atoms with E-state index in [2.05, 4.69) is 10.1 Å². The first-order valence-electron chi connectivity index (χ1n) is 5.48. The molecule has 0 aliphatic heterocycles. The van der Waals surface area contributed by atoms with Gasteiger partial charge >= 0.3 is 5.97 Å². The molecule has 0 saturated carbocycles. The highest BCUT2D eigenvalue weighted by atomic mass is 16.5. The summed E-state index contributed by atoms with van der Waals surface area (Å²) in [7, 11) is 1.37. The van der Waals surface area contributed by atoms with Gasteiger partial charge in [-0.2, -0.15) is 0 Å². The Morgan fingerprint density at radius 2 is 2.00 bits per heavy atom. The normalized spacial score (nSPS) is 11.7. The SMILES string of the molecule is COC(=O)C(C)Cc1ccccc1NC(C)=O. The van der Waals surface area contributed by atoms with E-state index in [1.807, 2.05) is 24.3 Å². The maximum Gasteiger partial charge on any atom is 0.308 e. The van der Waals surface area contributed by atoms with Gasteiger partial charge < -0.3 is 10.1 Å². The van der Waals surface area contributed by atoms with E-state index >= 15 is 0 Å². The van der Waals surface area contributed by atoms with Gasteiger partial charge in [-0.05, 0) is 18.1 Å². The maximum atomic E-state index is 11.3. The van der Waals surface area contributed by atoms with Crippen molar-refractivity contribution in [1.29, 1.82) is 0 Å². The Morgan fingerprint density at radius 3 is 2.59 bits per heavy atom. The van der Waals surface area contributed by atoms with Crippen molar-refractivity contribution in [2.45, 2.75) is 20.3 Å². The number of hydrogen-bond donors (Lipinski definition) is 1. The first kappa shape index (κ1) is 13.2. The Balaban J connectivity index is 2.83.